The van der Waals surface area contributed by atoms with E-state index in [1.165, 1.54) is 12.1 Å². The van der Waals surface area contributed by atoms with Gasteiger partial charge in [0, 0.05) is 5.56 Å². The maximum atomic E-state index is 14.3. The van der Waals surface area contributed by atoms with Gasteiger partial charge in [-0.3, -0.25) is 0 Å². The van der Waals surface area contributed by atoms with E-state index in [-0.39, 0.29) is 10.0 Å². The van der Waals surface area contributed by atoms with Crippen molar-refractivity contribution in [2.24, 2.45) is 5.73 Å². The molecule has 0 bridgehead atoms. The average Bonchev–Trinajstić information content (AvgIpc) is 2.37. The maximum absolute atomic E-state index is 14.3. The van der Waals surface area contributed by atoms with Gasteiger partial charge in [-0.05, 0) is 60.0 Å². The third-order valence-electron chi connectivity index (χ3n) is 3.52. The monoisotopic (exact) mass is 339 g/mol. The van der Waals surface area contributed by atoms with Gasteiger partial charge in [0.1, 0.15) is 11.6 Å². The molecule has 2 aromatic carbocycles. The van der Waals surface area contributed by atoms with E-state index in [1.54, 1.807) is 6.92 Å². The minimum absolute atomic E-state index is 0.124. The molecule has 4 heteroatoms. The van der Waals surface area contributed by atoms with E-state index >= 15 is 0 Å². The van der Waals surface area contributed by atoms with Crippen LogP contribution in [0.15, 0.2) is 34.8 Å². The molecular formula is C16H16BrF2N. The summed E-state index contributed by atoms with van der Waals surface area (Å²) in [6.07, 6.45) is 0. The summed E-state index contributed by atoms with van der Waals surface area (Å²) in [5.74, 6) is -1.30. The third kappa shape index (κ3) is 2.50. The summed E-state index contributed by atoms with van der Waals surface area (Å²) in [6, 6.07) is 8.29. The Morgan fingerprint density at radius 1 is 1.10 bits per heavy atom. The molecule has 0 spiro atoms. The molecule has 0 aromatic heterocycles. The fourth-order valence-electron chi connectivity index (χ4n) is 2.43. The van der Waals surface area contributed by atoms with Crippen molar-refractivity contribution >= 4 is 15.9 Å². The topological polar surface area (TPSA) is 26.0 Å². The van der Waals surface area contributed by atoms with Crippen LogP contribution in [0.25, 0.3) is 0 Å². The second kappa shape index (κ2) is 5.26. The fourth-order valence-corrected chi connectivity index (χ4v) is 2.76. The van der Waals surface area contributed by atoms with Crippen molar-refractivity contribution in [3.63, 3.8) is 0 Å². The van der Waals surface area contributed by atoms with Gasteiger partial charge >= 0.3 is 0 Å². The highest BCUT2D eigenvalue weighted by Gasteiger charge is 2.32. The van der Waals surface area contributed by atoms with E-state index in [4.69, 9.17) is 5.73 Å². The van der Waals surface area contributed by atoms with Gasteiger partial charge in [0.05, 0.1) is 10.0 Å². The van der Waals surface area contributed by atoms with Crippen molar-refractivity contribution in [2.45, 2.75) is 26.3 Å². The average molecular weight is 340 g/mol. The number of hydrogen-bond acceptors (Lipinski definition) is 1. The molecule has 106 valence electrons. The number of nitrogens with two attached hydrogens (primary N) is 1. The Bertz CT molecular complexity index is 666. The molecule has 1 atom stereocenters. The van der Waals surface area contributed by atoms with Crippen molar-refractivity contribution in [3.8, 4) is 0 Å². The molecule has 0 fully saturated rings. The Morgan fingerprint density at radius 3 is 2.40 bits per heavy atom. The molecule has 1 unspecified atom stereocenters. The molecule has 0 saturated carbocycles. The first-order valence-corrected chi connectivity index (χ1v) is 7.05. The van der Waals surface area contributed by atoms with Crippen LogP contribution in [0.2, 0.25) is 0 Å². The summed E-state index contributed by atoms with van der Waals surface area (Å²) in [4.78, 5) is 0. The molecule has 1 nitrogen and oxygen atoms in total. The van der Waals surface area contributed by atoms with Crippen LogP contribution in [-0.4, -0.2) is 0 Å². The molecule has 2 rings (SSSR count). The second-order valence-electron chi connectivity index (χ2n) is 5.24. The summed E-state index contributed by atoms with van der Waals surface area (Å²) in [7, 11) is 0. The summed E-state index contributed by atoms with van der Waals surface area (Å²) >= 11 is 3.08. The van der Waals surface area contributed by atoms with Gasteiger partial charge in [-0.2, -0.15) is 0 Å². The Labute approximate surface area is 125 Å². The Balaban J connectivity index is 2.73. The van der Waals surface area contributed by atoms with Gasteiger partial charge in [0.15, 0.2) is 0 Å². The number of aryl methyl sites for hydroxylation is 2. The first-order chi connectivity index (χ1) is 9.25. The number of hydrogen-bond donors (Lipinski definition) is 1. The minimum atomic E-state index is -1.24. The highest BCUT2D eigenvalue weighted by molar-refractivity contribution is 9.10. The fraction of sp³-hybridized carbons (Fsp3) is 0.250. The van der Waals surface area contributed by atoms with Crippen molar-refractivity contribution in [1.29, 1.82) is 0 Å². The minimum Gasteiger partial charge on any atom is -0.318 e. The Hall–Kier alpha value is -1.26. The quantitative estimate of drug-likeness (QED) is 0.797. The Kier molecular flexibility index (Phi) is 3.98. The van der Waals surface area contributed by atoms with Gasteiger partial charge < -0.3 is 5.73 Å². The molecule has 0 radical (unpaired) electrons. The highest BCUT2D eigenvalue weighted by atomic mass is 79.9. The smallest absolute Gasteiger partial charge is 0.145 e. The molecule has 0 aliphatic rings. The Morgan fingerprint density at radius 2 is 1.75 bits per heavy atom. The van der Waals surface area contributed by atoms with Crippen molar-refractivity contribution in [1.82, 2.24) is 0 Å². The van der Waals surface area contributed by atoms with Crippen LogP contribution < -0.4 is 5.73 Å². The lowest BCUT2D eigenvalue weighted by atomic mass is 9.82. The number of rotatable bonds is 2. The number of benzene rings is 2. The predicted molar refractivity (Wildman–Crippen MR) is 80.6 cm³/mol. The predicted octanol–water partition coefficient (Wildman–Crippen LogP) is 4.57. The van der Waals surface area contributed by atoms with Gasteiger partial charge in [0.25, 0.3) is 0 Å². The van der Waals surface area contributed by atoms with E-state index in [9.17, 15) is 8.78 Å². The number of halogens is 3. The standard InChI is InChI=1S/C16H16BrF2N/c1-9-4-5-10(2)11(8-9)16(3,20)14-13(18)7-6-12(17)15(14)19/h4-8H,20H2,1-3H3. The van der Waals surface area contributed by atoms with E-state index in [0.717, 1.165) is 11.1 Å². The normalized spacial score (nSPS) is 14.2. The molecule has 0 aliphatic heterocycles. The summed E-state index contributed by atoms with van der Waals surface area (Å²) in [6.45, 7) is 5.43. The lowest BCUT2D eigenvalue weighted by molar-refractivity contribution is 0.478. The zero-order valence-corrected chi connectivity index (χ0v) is 13.2. The summed E-state index contributed by atoms with van der Waals surface area (Å²) in [5, 5.41) is 0. The van der Waals surface area contributed by atoms with E-state index < -0.39 is 17.2 Å². The molecule has 0 amide bonds. The molecule has 0 saturated heterocycles. The third-order valence-corrected chi connectivity index (χ3v) is 4.13. The van der Waals surface area contributed by atoms with E-state index in [2.05, 4.69) is 15.9 Å². The lowest BCUT2D eigenvalue weighted by Crippen LogP contribution is -2.37. The van der Waals surface area contributed by atoms with Crippen LogP contribution in [0, 0.1) is 25.5 Å². The van der Waals surface area contributed by atoms with E-state index in [1.807, 2.05) is 32.0 Å². The van der Waals surface area contributed by atoms with Crippen LogP contribution in [0.3, 0.4) is 0 Å². The molecule has 0 heterocycles. The van der Waals surface area contributed by atoms with Gasteiger partial charge in [-0.25, -0.2) is 8.78 Å². The SMILES string of the molecule is Cc1ccc(C)c(C(C)(N)c2c(F)ccc(Br)c2F)c1. The largest absolute Gasteiger partial charge is 0.318 e. The molecule has 2 aromatic rings. The van der Waals surface area contributed by atoms with Crippen LogP contribution in [0.5, 0.6) is 0 Å². The van der Waals surface area contributed by atoms with E-state index in [0.29, 0.717) is 5.56 Å². The van der Waals surface area contributed by atoms with Crippen molar-refractivity contribution in [3.05, 3.63) is 68.7 Å². The summed E-state index contributed by atoms with van der Waals surface area (Å²) < 4.78 is 28.6. The zero-order chi connectivity index (χ0) is 15.1. The summed E-state index contributed by atoms with van der Waals surface area (Å²) in [5.41, 5.74) is 7.55. The lowest BCUT2D eigenvalue weighted by Gasteiger charge is -2.29. The van der Waals surface area contributed by atoms with Crippen LogP contribution in [0.1, 0.15) is 29.2 Å². The first-order valence-electron chi connectivity index (χ1n) is 6.25. The van der Waals surface area contributed by atoms with Crippen LogP contribution >= 0.6 is 15.9 Å². The van der Waals surface area contributed by atoms with Crippen molar-refractivity contribution < 1.29 is 8.78 Å². The van der Waals surface area contributed by atoms with Crippen LogP contribution in [0.4, 0.5) is 8.78 Å². The molecule has 2 N–H and O–H groups in total. The zero-order valence-electron chi connectivity index (χ0n) is 11.6. The van der Waals surface area contributed by atoms with Gasteiger partial charge in [-0.15, -0.1) is 0 Å². The second-order valence-corrected chi connectivity index (χ2v) is 6.09. The van der Waals surface area contributed by atoms with Gasteiger partial charge in [-0.1, -0.05) is 23.8 Å². The van der Waals surface area contributed by atoms with Gasteiger partial charge in [0.2, 0.25) is 0 Å². The molecule has 20 heavy (non-hydrogen) atoms. The molecular weight excluding hydrogens is 324 g/mol. The van der Waals surface area contributed by atoms with Crippen LogP contribution in [-0.2, 0) is 5.54 Å². The highest BCUT2D eigenvalue weighted by Crippen LogP contribution is 2.35. The maximum Gasteiger partial charge on any atom is 0.145 e. The van der Waals surface area contributed by atoms with Crippen molar-refractivity contribution in [2.75, 3.05) is 0 Å². The molecule has 0 aliphatic carbocycles. The first kappa shape index (κ1) is 15.1.